The lowest BCUT2D eigenvalue weighted by Crippen LogP contribution is -2.29. The van der Waals surface area contributed by atoms with E-state index in [-0.39, 0.29) is 0 Å². The van der Waals surface area contributed by atoms with Gasteiger partial charge in [-0.1, -0.05) is 0 Å². The lowest BCUT2D eigenvalue weighted by Gasteiger charge is -2.11. The molecule has 2 saturated carbocycles. The summed E-state index contributed by atoms with van der Waals surface area (Å²) in [5.41, 5.74) is -7.32. The third kappa shape index (κ3) is 5.21. The number of ether oxygens (including phenoxy) is 1. The summed E-state index contributed by atoms with van der Waals surface area (Å²) in [6, 6.07) is 0.384. The van der Waals surface area contributed by atoms with E-state index in [2.05, 4.69) is 8.92 Å². The molecule has 2 aliphatic rings. The molecule has 11 heteroatoms. The zero-order valence-corrected chi connectivity index (χ0v) is 13.9. The Morgan fingerprint density at radius 2 is 1.72 bits per heavy atom. The maximum atomic E-state index is 12.1. The van der Waals surface area contributed by atoms with Crippen molar-refractivity contribution in [2.45, 2.75) is 31.2 Å². The van der Waals surface area contributed by atoms with Crippen LogP contribution >= 0.6 is 0 Å². The Balaban J connectivity index is 0.000000306. The van der Waals surface area contributed by atoms with Gasteiger partial charge in [0.25, 0.3) is 5.56 Å². The monoisotopic (exact) mass is 383 g/mol. The van der Waals surface area contributed by atoms with Crippen molar-refractivity contribution in [3.05, 3.63) is 28.2 Å². The number of halogens is 3. The van der Waals surface area contributed by atoms with E-state index in [0.717, 1.165) is 7.11 Å². The van der Waals surface area contributed by atoms with Gasteiger partial charge in [-0.3, -0.25) is 4.79 Å². The van der Waals surface area contributed by atoms with Crippen molar-refractivity contribution in [1.82, 2.24) is 4.98 Å². The maximum absolute atomic E-state index is 12.1. The Bertz CT molecular complexity index is 784. The smallest absolute Gasteiger partial charge is 0.465 e. The number of hydrogen-bond acceptors (Lipinski definition) is 6. The lowest BCUT2D eigenvalue weighted by atomic mass is 10.2. The van der Waals surface area contributed by atoms with Crippen molar-refractivity contribution < 1.29 is 35.3 Å². The number of pyridine rings is 1. The largest absolute Gasteiger partial charge is 0.534 e. The highest BCUT2D eigenvalue weighted by Crippen LogP contribution is 2.49. The van der Waals surface area contributed by atoms with Gasteiger partial charge < -0.3 is 13.9 Å². The Kier molecular flexibility index (Phi) is 5.45. The van der Waals surface area contributed by atoms with Crippen LogP contribution in [0, 0.1) is 11.8 Å². The van der Waals surface area contributed by atoms with Crippen LogP contribution < -0.4 is 9.74 Å². The second-order valence-corrected chi connectivity index (χ2v) is 7.26. The number of aromatic nitrogens is 1. The Labute approximate surface area is 141 Å². The first-order valence-electron chi connectivity index (χ1n) is 7.37. The first kappa shape index (κ1) is 19.3. The van der Waals surface area contributed by atoms with Gasteiger partial charge in [0.05, 0.1) is 7.11 Å². The van der Waals surface area contributed by atoms with E-state index in [1.165, 1.54) is 11.8 Å². The van der Waals surface area contributed by atoms with Crippen molar-refractivity contribution >= 4 is 16.1 Å². The molecule has 1 aromatic rings. The topological polar surface area (TPSA) is 103 Å². The number of rotatable bonds is 4. The molecule has 0 amide bonds. The number of carbonyl (C=O) groups is 1. The minimum atomic E-state index is -5.99. The van der Waals surface area contributed by atoms with Gasteiger partial charge in [-0.05, 0) is 37.5 Å². The molecule has 1 N–H and O–H groups in total. The fourth-order valence-electron chi connectivity index (χ4n) is 2.09. The summed E-state index contributed by atoms with van der Waals surface area (Å²) in [5, 5.41) is 0. The first-order chi connectivity index (χ1) is 11.5. The quantitative estimate of drug-likeness (QED) is 0.486. The summed E-state index contributed by atoms with van der Waals surface area (Å²) >= 11 is 0. The Morgan fingerprint density at radius 1 is 1.20 bits per heavy atom. The molecular weight excluding hydrogens is 367 g/mol. The number of H-pyrrole nitrogens is 1. The summed E-state index contributed by atoms with van der Waals surface area (Å²) in [6.07, 6.45) is 6.92. The molecule has 1 aromatic heterocycles. The number of carbonyl (C=O) groups excluding carboxylic acids is 1. The minimum absolute atomic E-state index is 0.384. The minimum Gasteiger partial charge on any atom is -0.465 e. The maximum Gasteiger partial charge on any atom is 0.534 e. The molecule has 140 valence electrons. The normalized spacial score (nSPS) is 17.3. The molecule has 3 rings (SSSR count). The van der Waals surface area contributed by atoms with Crippen molar-refractivity contribution in [3.63, 3.8) is 0 Å². The molecule has 2 fully saturated rings. The number of hydrogen-bond donors (Lipinski definition) is 1. The van der Waals surface area contributed by atoms with Crippen LogP contribution in [0.2, 0.25) is 0 Å². The predicted octanol–water partition coefficient (Wildman–Crippen LogP) is 2.20. The van der Waals surface area contributed by atoms with E-state index in [1.54, 1.807) is 25.7 Å². The first-order valence-corrected chi connectivity index (χ1v) is 8.78. The highest BCUT2D eigenvalue weighted by molar-refractivity contribution is 7.88. The van der Waals surface area contributed by atoms with E-state index in [1.807, 2.05) is 4.98 Å². The third-order valence-corrected chi connectivity index (χ3v) is 4.65. The third-order valence-electron chi connectivity index (χ3n) is 3.69. The summed E-state index contributed by atoms with van der Waals surface area (Å²) in [6.45, 7) is 0. The summed E-state index contributed by atoms with van der Waals surface area (Å²) in [7, 11) is -5.08. The molecular formula is C14H16F3NO6S. The predicted molar refractivity (Wildman–Crippen MR) is 79.5 cm³/mol. The zero-order valence-electron chi connectivity index (χ0n) is 13.1. The number of aromatic amines is 1. The highest BCUT2D eigenvalue weighted by Gasteiger charge is 2.49. The highest BCUT2D eigenvalue weighted by atomic mass is 32.2. The van der Waals surface area contributed by atoms with Gasteiger partial charge in [0.15, 0.2) is 5.75 Å². The fourth-order valence-corrected chi connectivity index (χ4v) is 2.56. The lowest BCUT2D eigenvalue weighted by molar-refractivity contribution is -0.0500. The number of methoxy groups -OCH3 is 1. The molecule has 7 nitrogen and oxygen atoms in total. The molecule has 0 bridgehead atoms. The number of alkyl halides is 3. The van der Waals surface area contributed by atoms with Crippen LogP contribution in [-0.2, 0) is 14.9 Å². The van der Waals surface area contributed by atoms with E-state index >= 15 is 0 Å². The van der Waals surface area contributed by atoms with Crippen LogP contribution in [-0.4, -0.2) is 32.0 Å². The standard InChI is InChI=1S/C8H6F3NO6S.C6H10/c1-17-7(14)4-3-12-6(13)2-5(4)18-19(15,16)8(9,10)11;1-2-5(1)6-3-4-6/h2-3H,1H3,(H,12,13);5-6H,1-4H2. The SMILES string of the molecule is C1CC1C1CC1.COC(=O)c1c[nH]c(=O)cc1OS(=O)(=O)C(F)(F)F. The number of esters is 1. The van der Waals surface area contributed by atoms with Gasteiger partial charge in [0, 0.05) is 12.3 Å². The van der Waals surface area contributed by atoms with E-state index in [4.69, 9.17) is 0 Å². The van der Waals surface area contributed by atoms with Crippen LogP contribution in [0.5, 0.6) is 5.75 Å². The van der Waals surface area contributed by atoms with Crippen LogP contribution in [0.25, 0.3) is 0 Å². The average Bonchev–Trinajstić information content (AvgIpc) is 3.38. The molecule has 1 heterocycles. The van der Waals surface area contributed by atoms with E-state index in [0.29, 0.717) is 12.3 Å². The summed E-state index contributed by atoms with van der Waals surface area (Å²) in [4.78, 5) is 24.1. The second-order valence-electron chi connectivity index (χ2n) is 5.72. The van der Waals surface area contributed by atoms with Crippen molar-refractivity contribution in [2.75, 3.05) is 7.11 Å². The molecule has 0 aliphatic heterocycles. The van der Waals surface area contributed by atoms with Crippen molar-refractivity contribution in [3.8, 4) is 5.75 Å². The molecule has 0 radical (unpaired) electrons. The molecule has 0 aromatic carbocycles. The summed E-state index contributed by atoms with van der Waals surface area (Å²) < 4.78 is 65.9. The Morgan fingerprint density at radius 3 is 2.12 bits per heavy atom. The van der Waals surface area contributed by atoms with Gasteiger partial charge in [0.1, 0.15) is 5.56 Å². The van der Waals surface area contributed by atoms with Gasteiger partial charge >= 0.3 is 21.6 Å². The molecule has 0 spiro atoms. The number of nitrogens with one attached hydrogen (secondary N) is 1. The summed E-state index contributed by atoms with van der Waals surface area (Å²) in [5.74, 6) is 0.173. The molecule has 25 heavy (non-hydrogen) atoms. The van der Waals surface area contributed by atoms with Crippen LogP contribution in [0.15, 0.2) is 17.1 Å². The van der Waals surface area contributed by atoms with Crippen LogP contribution in [0.4, 0.5) is 13.2 Å². The van der Waals surface area contributed by atoms with E-state index < -0.39 is 38.5 Å². The molecule has 0 saturated heterocycles. The van der Waals surface area contributed by atoms with Crippen molar-refractivity contribution in [2.24, 2.45) is 11.8 Å². The molecule has 0 unspecified atom stereocenters. The van der Waals surface area contributed by atoms with Crippen molar-refractivity contribution in [1.29, 1.82) is 0 Å². The van der Waals surface area contributed by atoms with Gasteiger partial charge in [-0.15, -0.1) is 0 Å². The second kappa shape index (κ2) is 7.06. The van der Waals surface area contributed by atoms with Gasteiger partial charge in [-0.25, -0.2) is 4.79 Å². The molecule has 0 atom stereocenters. The van der Waals surface area contributed by atoms with Crippen LogP contribution in [0.3, 0.4) is 0 Å². The van der Waals surface area contributed by atoms with Gasteiger partial charge in [-0.2, -0.15) is 21.6 Å². The Hall–Kier alpha value is -2.04. The van der Waals surface area contributed by atoms with E-state index in [9.17, 15) is 31.2 Å². The fraction of sp³-hybridized carbons (Fsp3) is 0.571. The molecule has 2 aliphatic carbocycles. The average molecular weight is 383 g/mol. The zero-order chi connectivity index (χ0) is 18.8. The van der Waals surface area contributed by atoms with Gasteiger partial charge in [0.2, 0.25) is 0 Å². The van der Waals surface area contributed by atoms with Crippen LogP contribution in [0.1, 0.15) is 36.0 Å².